The largest absolute Gasteiger partial charge is 0.310 e. The normalized spacial score (nSPS) is 19.5. The Morgan fingerprint density at radius 2 is 1.81 bits per heavy atom. The van der Waals surface area contributed by atoms with Gasteiger partial charge in [-0.25, -0.2) is 8.78 Å². The van der Waals surface area contributed by atoms with Crippen LogP contribution in [0.15, 0.2) is 52.8 Å². The molecule has 2 fully saturated rings. The lowest BCUT2D eigenvalue weighted by molar-refractivity contribution is 0.133. The average Bonchev–Trinajstić information content (AvgIpc) is 3.41. The number of benzene rings is 1. The van der Waals surface area contributed by atoms with Crippen LogP contribution in [0.1, 0.15) is 70.1 Å². The predicted octanol–water partition coefficient (Wildman–Crippen LogP) is 7.64. The van der Waals surface area contributed by atoms with Crippen molar-refractivity contribution in [2.75, 3.05) is 17.4 Å². The molecule has 0 bridgehead atoms. The van der Waals surface area contributed by atoms with Crippen molar-refractivity contribution in [1.82, 2.24) is 9.88 Å². The van der Waals surface area contributed by atoms with E-state index in [9.17, 15) is 8.78 Å². The molecular weight excluding hydrogens is 512 g/mol. The molecular formula is C28H36ClF2N5S. The number of nitrogens with zero attached hydrogens (tertiary/aromatic N) is 5. The molecule has 1 aliphatic carbocycles. The molecule has 0 atom stereocenters. The third-order valence-corrected chi connectivity index (χ3v) is 8.90. The number of pyridine rings is 1. The maximum atomic E-state index is 12.9. The minimum Gasteiger partial charge on any atom is -0.310 e. The topological polar surface area (TPSA) is 44.1 Å². The summed E-state index contributed by atoms with van der Waals surface area (Å²) in [7, 11) is 0. The molecule has 2 aromatic rings. The van der Waals surface area contributed by atoms with Gasteiger partial charge in [0.25, 0.3) is 6.43 Å². The third kappa shape index (κ3) is 7.30. The lowest BCUT2D eigenvalue weighted by Crippen LogP contribution is -2.43. The van der Waals surface area contributed by atoms with Crippen molar-refractivity contribution in [2.45, 2.75) is 83.1 Å². The highest BCUT2D eigenvalue weighted by Gasteiger charge is 2.28. The number of aromatic nitrogens is 1. The van der Waals surface area contributed by atoms with Crippen LogP contribution in [0.3, 0.4) is 0 Å². The second-order valence-electron chi connectivity index (χ2n) is 9.80. The average molecular weight is 548 g/mol. The standard InChI is InChI=1S/C27H32ClF2N5S.CH4/c28-20-5-4-8-23(15-20)35(36-24-11-13-34(14-12-24)22-6-2-1-3-7-22)18-21-10-9-19(17-31-21)25-16-26(27(29)30)33-32-25;/h4-5,8-10,15,17,22,24,27H,1-3,6-7,11-14,16,18H2;1H4. The Labute approximate surface area is 228 Å². The molecule has 1 aromatic carbocycles. The molecule has 1 saturated heterocycles. The summed E-state index contributed by atoms with van der Waals surface area (Å²) in [6.07, 6.45) is 8.43. The van der Waals surface area contributed by atoms with Crippen LogP contribution in [-0.4, -0.2) is 52.1 Å². The molecule has 1 aromatic heterocycles. The fourth-order valence-corrected chi connectivity index (χ4v) is 6.68. The van der Waals surface area contributed by atoms with Crippen LogP contribution in [0.25, 0.3) is 0 Å². The van der Waals surface area contributed by atoms with E-state index in [1.165, 1.54) is 58.0 Å². The van der Waals surface area contributed by atoms with E-state index in [4.69, 9.17) is 11.6 Å². The first kappa shape index (κ1) is 28.0. The van der Waals surface area contributed by atoms with E-state index >= 15 is 0 Å². The molecule has 5 nitrogen and oxygen atoms in total. The molecule has 0 amide bonds. The number of hydrogen-bond acceptors (Lipinski definition) is 6. The molecule has 3 aliphatic rings. The van der Waals surface area contributed by atoms with Crippen LogP contribution in [0.5, 0.6) is 0 Å². The van der Waals surface area contributed by atoms with Gasteiger partial charge in [0.1, 0.15) is 5.71 Å². The lowest BCUT2D eigenvalue weighted by atomic mass is 9.93. The van der Waals surface area contributed by atoms with E-state index in [1.54, 1.807) is 6.20 Å². The minimum absolute atomic E-state index is 0. The predicted molar refractivity (Wildman–Crippen MR) is 152 cm³/mol. The molecule has 200 valence electrons. The Balaban J connectivity index is 0.00000320. The van der Waals surface area contributed by atoms with Crippen LogP contribution < -0.4 is 4.31 Å². The SMILES string of the molecule is C.FC(F)C1=NN=C(c2ccc(CN(SC3CCN(C4CCCCC4)CC3)c3cccc(Cl)c3)nc2)C1. The van der Waals surface area contributed by atoms with E-state index in [-0.39, 0.29) is 19.6 Å². The van der Waals surface area contributed by atoms with Crippen molar-refractivity contribution >= 4 is 40.7 Å². The lowest BCUT2D eigenvalue weighted by Gasteiger charge is -2.40. The summed E-state index contributed by atoms with van der Waals surface area (Å²) in [6, 6.07) is 12.6. The van der Waals surface area contributed by atoms with Crippen LogP contribution in [-0.2, 0) is 6.54 Å². The first-order valence-electron chi connectivity index (χ1n) is 12.9. The molecule has 0 unspecified atom stereocenters. The second kappa shape index (κ2) is 13.2. The van der Waals surface area contributed by atoms with Gasteiger partial charge in [-0.1, -0.05) is 44.4 Å². The molecule has 9 heteroatoms. The summed E-state index contributed by atoms with van der Waals surface area (Å²) in [6.45, 7) is 2.96. The summed E-state index contributed by atoms with van der Waals surface area (Å²) in [5, 5.41) is 8.79. The van der Waals surface area contributed by atoms with Gasteiger partial charge >= 0.3 is 0 Å². The van der Waals surface area contributed by atoms with Crippen molar-refractivity contribution in [3.8, 4) is 0 Å². The van der Waals surface area contributed by atoms with Gasteiger partial charge in [0.05, 0.1) is 18.0 Å². The third-order valence-electron chi connectivity index (χ3n) is 7.30. The number of rotatable bonds is 8. The zero-order valence-corrected chi connectivity index (χ0v) is 21.9. The van der Waals surface area contributed by atoms with Crippen LogP contribution in [0.2, 0.25) is 5.02 Å². The van der Waals surface area contributed by atoms with Crippen molar-refractivity contribution in [2.24, 2.45) is 10.2 Å². The Hall–Kier alpha value is -2.03. The Morgan fingerprint density at radius 1 is 1.03 bits per heavy atom. The van der Waals surface area contributed by atoms with Gasteiger partial charge in [0, 0.05) is 40.2 Å². The number of piperidine rings is 1. The highest BCUT2D eigenvalue weighted by atomic mass is 35.5. The summed E-state index contributed by atoms with van der Waals surface area (Å²) >= 11 is 8.22. The maximum Gasteiger partial charge on any atom is 0.278 e. The zero-order valence-electron chi connectivity index (χ0n) is 20.3. The first-order chi connectivity index (χ1) is 17.5. The Bertz CT molecular complexity index is 1080. The van der Waals surface area contributed by atoms with E-state index < -0.39 is 6.43 Å². The smallest absolute Gasteiger partial charge is 0.278 e. The molecule has 0 spiro atoms. The quantitative estimate of drug-likeness (QED) is 0.318. The second-order valence-corrected chi connectivity index (χ2v) is 11.6. The minimum atomic E-state index is -2.57. The molecule has 5 rings (SSSR count). The van der Waals surface area contributed by atoms with E-state index in [2.05, 4.69) is 30.5 Å². The van der Waals surface area contributed by atoms with Crippen LogP contribution in [0.4, 0.5) is 14.5 Å². The highest BCUT2D eigenvalue weighted by molar-refractivity contribution is 8.01. The summed E-state index contributed by atoms with van der Waals surface area (Å²) in [4.78, 5) is 7.35. The van der Waals surface area contributed by atoms with Crippen LogP contribution in [0, 0.1) is 0 Å². The zero-order chi connectivity index (χ0) is 24.9. The Morgan fingerprint density at radius 3 is 2.46 bits per heavy atom. The van der Waals surface area contributed by atoms with Crippen molar-refractivity contribution in [3.63, 3.8) is 0 Å². The molecule has 2 aliphatic heterocycles. The maximum absolute atomic E-state index is 12.9. The van der Waals surface area contributed by atoms with E-state index in [0.29, 0.717) is 22.5 Å². The van der Waals surface area contributed by atoms with Gasteiger partial charge in [0.15, 0.2) is 0 Å². The van der Waals surface area contributed by atoms with Gasteiger partial charge in [0.2, 0.25) is 0 Å². The Kier molecular flexibility index (Phi) is 9.96. The van der Waals surface area contributed by atoms with Gasteiger partial charge in [-0.15, -0.1) is 0 Å². The van der Waals surface area contributed by atoms with Gasteiger partial charge in [-0.05, 0) is 81.1 Å². The first-order valence-corrected chi connectivity index (χ1v) is 14.1. The molecule has 0 N–H and O–H groups in total. The van der Waals surface area contributed by atoms with Crippen molar-refractivity contribution in [1.29, 1.82) is 0 Å². The number of alkyl halides is 2. The fourth-order valence-electron chi connectivity index (χ4n) is 5.28. The molecule has 0 radical (unpaired) electrons. The van der Waals surface area contributed by atoms with Crippen LogP contribution >= 0.6 is 23.5 Å². The molecule has 1 saturated carbocycles. The van der Waals surface area contributed by atoms with Gasteiger partial charge in [-0.3, -0.25) is 4.98 Å². The summed E-state index contributed by atoms with van der Waals surface area (Å²) in [5.41, 5.74) is 3.04. The summed E-state index contributed by atoms with van der Waals surface area (Å²) < 4.78 is 28.1. The number of likely N-dealkylation sites (tertiary alicyclic amines) is 1. The molecule has 37 heavy (non-hydrogen) atoms. The van der Waals surface area contributed by atoms with E-state index in [0.717, 1.165) is 23.0 Å². The van der Waals surface area contributed by atoms with Crippen molar-refractivity contribution < 1.29 is 8.78 Å². The number of anilines is 1. The molecule has 3 heterocycles. The highest BCUT2D eigenvalue weighted by Crippen LogP contribution is 2.35. The number of halogens is 3. The van der Waals surface area contributed by atoms with Gasteiger partial charge in [-0.2, -0.15) is 10.2 Å². The fraction of sp³-hybridized carbons (Fsp3) is 0.536. The van der Waals surface area contributed by atoms with Crippen molar-refractivity contribution in [3.05, 3.63) is 58.9 Å². The number of hydrogen-bond donors (Lipinski definition) is 0. The monoisotopic (exact) mass is 547 g/mol. The van der Waals surface area contributed by atoms with Gasteiger partial charge < -0.3 is 9.21 Å². The summed E-state index contributed by atoms with van der Waals surface area (Å²) in [5.74, 6) is 0. The van der Waals surface area contributed by atoms with E-state index in [1.807, 2.05) is 42.3 Å².